The molecule has 0 aromatic heterocycles. The van der Waals surface area contributed by atoms with Gasteiger partial charge in [-0.3, -0.25) is 4.79 Å². The molecule has 1 aromatic carbocycles. The highest BCUT2D eigenvalue weighted by molar-refractivity contribution is 9.10. The van der Waals surface area contributed by atoms with Crippen LogP contribution < -0.4 is 5.32 Å². The van der Waals surface area contributed by atoms with Crippen LogP contribution in [0.5, 0.6) is 0 Å². The molecule has 0 spiro atoms. The van der Waals surface area contributed by atoms with Crippen molar-refractivity contribution in [3.05, 3.63) is 28.2 Å². The fourth-order valence-electron chi connectivity index (χ4n) is 1.36. The van der Waals surface area contributed by atoms with Crippen LogP contribution in [0.25, 0.3) is 0 Å². The standard InChI is InChI=1S/C12H15Br2NO2/c1-3-9(13)12(16)15-11-6-4-5-10(14)8(11)7-17-2/h4-6,9H,3,7H2,1-2H3,(H,15,16). The maximum atomic E-state index is 11.8. The van der Waals surface area contributed by atoms with Gasteiger partial charge in [0.1, 0.15) is 0 Å². The number of carbonyl (C=O) groups is 1. The number of hydrogen-bond donors (Lipinski definition) is 1. The number of benzene rings is 1. The summed E-state index contributed by atoms with van der Waals surface area (Å²) >= 11 is 6.78. The molecule has 0 aliphatic heterocycles. The molecule has 3 nitrogen and oxygen atoms in total. The minimum Gasteiger partial charge on any atom is -0.380 e. The van der Waals surface area contributed by atoms with E-state index < -0.39 is 0 Å². The summed E-state index contributed by atoms with van der Waals surface area (Å²) in [5.74, 6) is -0.0389. The average molecular weight is 365 g/mol. The third kappa shape index (κ3) is 4.08. The first-order valence-corrected chi connectivity index (χ1v) is 7.02. The predicted molar refractivity (Wildman–Crippen MR) is 76.5 cm³/mol. The Morgan fingerprint density at radius 3 is 2.82 bits per heavy atom. The summed E-state index contributed by atoms with van der Waals surface area (Å²) in [6.07, 6.45) is 0.749. The van der Waals surface area contributed by atoms with Gasteiger partial charge in [-0.15, -0.1) is 0 Å². The number of amides is 1. The lowest BCUT2D eigenvalue weighted by atomic mass is 10.2. The molecule has 17 heavy (non-hydrogen) atoms. The van der Waals surface area contributed by atoms with E-state index in [1.807, 2.05) is 25.1 Å². The topological polar surface area (TPSA) is 38.3 Å². The minimum absolute atomic E-state index is 0.0389. The third-order valence-corrected chi connectivity index (χ3v) is 4.11. The number of rotatable bonds is 5. The summed E-state index contributed by atoms with van der Waals surface area (Å²) < 4.78 is 6.06. The van der Waals surface area contributed by atoms with Gasteiger partial charge in [-0.2, -0.15) is 0 Å². The zero-order valence-electron chi connectivity index (χ0n) is 9.80. The predicted octanol–water partition coefficient (Wildman–Crippen LogP) is 3.71. The number of methoxy groups -OCH3 is 1. The first kappa shape index (κ1) is 14.7. The number of halogens is 2. The van der Waals surface area contributed by atoms with Crippen LogP contribution in [0.15, 0.2) is 22.7 Å². The molecular weight excluding hydrogens is 350 g/mol. The second kappa shape index (κ2) is 7.13. The summed E-state index contributed by atoms with van der Waals surface area (Å²) in [5.41, 5.74) is 1.73. The van der Waals surface area contributed by atoms with Crippen molar-refractivity contribution in [3.63, 3.8) is 0 Å². The Morgan fingerprint density at radius 1 is 1.53 bits per heavy atom. The van der Waals surface area contributed by atoms with Crippen LogP contribution in [0.2, 0.25) is 0 Å². The highest BCUT2D eigenvalue weighted by atomic mass is 79.9. The minimum atomic E-state index is -0.170. The van der Waals surface area contributed by atoms with Crippen LogP contribution in [0.3, 0.4) is 0 Å². The molecule has 0 aliphatic rings. The molecule has 1 unspecified atom stereocenters. The SMILES string of the molecule is CCC(Br)C(=O)Nc1cccc(Br)c1COC. The van der Waals surface area contributed by atoms with Crippen LogP contribution in [-0.4, -0.2) is 17.8 Å². The smallest absolute Gasteiger partial charge is 0.238 e. The van der Waals surface area contributed by atoms with Crippen molar-refractivity contribution in [2.75, 3.05) is 12.4 Å². The lowest BCUT2D eigenvalue weighted by Crippen LogP contribution is -2.22. The van der Waals surface area contributed by atoms with Gasteiger partial charge in [0.15, 0.2) is 0 Å². The molecule has 1 N–H and O–H groups in total. The Morgan fingerprint density at radius 2 is 2.24 bits per heavy atom. The number of carbonyl (C=O) groups excluding carboxylic acids is 1. The zero-order chi connectivity index (χ0) is 12.8. The van der Waals surface area contributed by atoms with Crippen molar-refractivity contribution in [1.29, 1.82) is 0 Å². The maximum absolute atomic E-state index is 11.8. The quantitative estimate of drug-likeness (QED) is 0.809. The van der Waals surface area contributed by atoms with Crippen LogP contribution in [0, 0.1) is 0 Å². The van der Waals surface area contributed by atoms with E-state index in [1.165, 1.54) is 0 Å². The Kier molecular flexibility index (Phi) is 6.16. The summed E-state index contributed by atoms with van der Waals surface area (Å²) in [6.45, 7) is 2.41. The Labute approximate surface area is 118 Å². The molecule has 0 fully saturated rings. The second-order valence-corrected chi connectivity index (χ2v) is 5.52. The third-order valence-electron chi connectivity index (χ3n) is 2.31. The van der Waals surface area contributed by atoms with Crippen molar-refractivity contribution in [1.82, 2.24) is 0 Å². The average Bonchev–Trinajstić information content (AvgIpc) is 2.32. The zero-order valence-corrected chi connectivity index (χ0v) is 13.0. The van der Waals surface area contributed by atoms with E-state index in [1.54, 1.807) is 7.11 Å². The van der Waals surface area contributed by atoms with Gasteiger partial charge in [0.2, 0.25) is 5.91 Å². The normalized spacial score (nSPS) is 12.2. The molecule has 94 valence electrons. The van der Waals surface area contributed by atoms with Crippen LogP contribution >= 0.6 is 31.9 Å². The van der Waals surface area contributed by atoms with Gasteiger partial charge in [0, 0.05) is 22.8 Å². The largest absolute Gasteiger partial charge is 0.380 e. The molecule has 1 atom stereocenters. The van der Waals surface area contributed by atoms with E-state index in [0.717, 1.165) is 22.1 Å². The van der Waals surface area contributed by atoms with E-state index in [0.29, 0.717) is 6.61 Å². The highest BCUT2D eigenvalue weighted by Crippen LogP contribution is 2.26. The van der Waals surface area contributed by atoms with E-state index >= 15 is 0 Å². The van der Waals surface area contributed by atoms with Gasteiger partial charge >= 0.3 is 0 Å². The molecule has 1 amide bonds. The van der Waals surface area contributed by atoms with Crippen molar-refractivity contribution < 1.29 is 9.53 Å². The summed E-state index contributed by atoms with van der Waals surface area (Å²) in [6, 6.07) is 5.68. The van der Waals surface area contributed by atoms with E-state index in [4.69, 9.17) is 4.74 Å². The van der Waals surface area contributed by atoms with Crippen molar-refractivity contribution in [2.45, 2.75) is 24.8 Å². The molecule has 0 aliphatic carbocycles. The first-order chi connectivity index (χ1) is 8.10. The van der Waals surface area contributed by atoms with E-state index in [9.17, 15) is 4.79 Å². The number of alkyl halides is 1. The lowest BCUT2D eigenvalue weighted by Gasteiger charge is -2.14. The van der Waals surface area contributed by atoms with Crippen molar-refractivity contribution >= 4 is 43.5 Å². The Hall–Kier alpha value is -0.390. The van der Waals surface area contributed by atoms with Crippen molar-refractivity contribution in [2.24, 2.45) is 0 Å². The number of ether oxygens (including phenoxy) is 1. The van der Waals surface area contributed by atoms with Crippen LogP contribution in [-0.2, 0) is 16.1 Å². The van der Waals surface area contributed by atoms with Gasteiger partial charge in [0.05, 0.1) is 11.4 Å². The molecule has 0 saturated carbocycles. The van der Waals surface area contributed by atoms with Gasteiger partial charge in [-0.25, -0.2) is 0 Å². The second-order valence-electron chi connectivity index (χ2n) is 3.56. The summed E-state index contributed by atoms with van der Waals surface area (Å²) in [4.78, 5) is 11.6. The van der Waals surface area contributed by atoms with Crippen LogP contribution in [0.1, 0.15) is 18.9 Å². The van der Waals surface area contributed by atoms with Crippen molar-refractivity contribution in [3.8, 4) is 0 Å². The van der Waals surface area contributed by atoms with Gasteiger partial charge in [-0.05, 0) is 18.6 Å². The van der Waals surface area contributed by atoms with Crippen LogP contribution in [0.4, 0.5) is 5.69 Å². The fourth-order valence-corrected chi connectivity index (χ4v) is 1.96. The molecular formula is C12H15Br2NO2. The summed E-state index contributed by atoms with van der Waals surface area (Å²) in [5, 5.41) is 2.89. The Bertz CT molecular complexity index is 396. The molecule has 5 heteroatoms. The Balaban J connectivity index is 2.90. The molecule has 0 radical (unpaired) electrons. The highest BCUT2D eigenvalue weighted by Gasteiger charge is 2.15. The molecule has 0 bridgehead atoms. The van der Waals surface area contributed by atoms with E-state index in [-0.39, 0.29) is 10.7 Å². The van der Waals surface area contributed by atoms with Gasteiger partial charge < -0.3 is 10.1 Å². The number of hydrogen-bond acceptors (Lipinski definition) is 2. The molecule has 1 aromatic rings. The monoisotopic (exact) mass is 363 g/mol. The number of nitrogens with one attached hydrogen (secondary N) is 1. The lowest BCUT2D eigenvalue weighted by molar-refractivity contribution is -0.115. The molecule has 0 saturated heterocycles. The fraction of sp³-hybridized carbons (Fsp3) is 0.417. The van der Waals surface area contributed by atoms with E-state index in [2.05, 4.69) is 37.2 Å². The first-order valence-electron chi connectivity index (χ1n) is 5.31. The number of anilines is 1. The van der Waals surface area contributed by atoms with Gasteiger partial charge in [-0.1, -0.05) is 44.8 Å². The van der Waals surface area contributed by atoms with Gasteiger partial charge in [0.25, 0.3) is 0 Å². The molecule has 0 heterocycles. The molecule has 1 rings (SSSR count). The summed E-state index contributed by atoms with van der Waals surface area (Å²) in [7, 11) is 1.63. The maximum Gasteiger partial charge on any atom is 0.238 e.